The second kappa shape index (κ2) is 13.0. The number of rotatable bonds is 13. The Morgan fingerprint density at radius 2 is 2.05 bits per heavy atom. The Labute approximate surface area is 228 Å². The number of carbonyl (C=O) groups excluding carboxylic acids is 1. The van der Waals surface area contributed by atoms with E-state index in [0.717, 1.165) is 18.4 Å². The smallest absolute Gasteiger partial charge is 0.308 e. The Balaban J connectivity index is 1.66. The molecule has 1 aromatic heterocycles. The standard InChI is InChI=1S/C28H38N4O7/c1-3-4-10-31(13-9-29)25(34)17-32-16-20(19-14-22(37-2)27-23(15-19)38-18-39-27)26(28(35)36)21(32)8-12-30-11-6-5-7-24(30)33/h5-7,11,14-15,20-21,26H,3-4,8-10,12-13,16-18,29H2,1-2H3,(H,35,36)/t20-,21+,26?/m1/s1. The van der Waals surface area contributed by atoms with E-state index < -0.39 is 23.8 Å². The second-order valence-corrected chi connectivity index (χ2v) is 9.97. The Morgan fingerprint density at radius 1 is 1.23 bits per heavy atom. The molecule has 3 N–H and O–H groups in total. The number of carbonyl (C=O) groups is 2. The number of methoxy groups -OCH3 is 1. The van der Waals surface area contributed by atoms with Crippen molar-refractivity contribution in [2.24, 2.45) is 11.7 Å². The van der Waals surface area contributed by atoms with Gasteiger partial charge in [0.2, 0.25) is 24.0 Å². The van der Waals surface area contributed by atoms with Crippen LogP contribution in [0.3, 0.4) is 0 Å². The molecule has 11 nitrogen and oxygen atoms in total. The first kappa shape index (κ1) is 28.4. The molecule has 2 aromatic rings. The molecular formula is C28H38N4O7. The summed E-state index contributed by atoms with van der Waals surface area (Å²) in [5.41, 5.74) is 6.37. The summed E-state index contributed by atoms with van der Waals surface area (Å²) in [7, 11) is 1.53. The number of pyridine rings is 1. The van der Waals surface area contributed by atoms with Gasteiger partial charge in [0.05, 0.1) is 19.6 Å². The van der Waals surface area contributed by atoms with Crippen molar-refractivity contribution in [2.45, 2.75) is 44.7 Å². The summed E-state index contributed by atoms with van der Waals surface area (Å²) in [6.45, 7) is 4.29. The van der Waals surface area contributed by atoms with E-state index in [9.17, 15) is 19.5 Å². The maximum absolute atomic E-state index is 13.4. The number of fused-ring (bicyclic) bond motifs is 1. The Hall–Kier alpha value is -3.57. The number of carboxylic acid groups (broad SMARTS) is 1. The fraction of sp³-hybridized carbons (Fsp3) is 0.536. The van der Waals surface area contributed by atoms with Crippen molar-refractivity contribution in [3.8, 4) is 17.2 Å². The fourth-order valence-electron chi connectivity index (χ4n) is 5.61. The highest BCUT2D eigenvalue weighted by atomic mass is 16.7. The summed E-state index contributed by atoms with van der Waals surface area (Å²) >= 11 is 0. The van der Waals surface area contributed by atoms with E-state index in [4.69, 9.17) is 19.9 Å². The van der Waals surface area contributed by atoms with Crippen LogP contribution < -0.4 is 25.5 Å². The van der Waals surface area contributed by atoms with E-state index in [1.54, 1.807) is 39.9 Å². The molecule has 1 amide bonds. The molecule has 2 aliphatic rings. The number of aliphatic carboxylic acids is 1. The number of nitrogens with zero attached hydrogens (tertiary/aromatic N) is 3. The lowest BCUT2D eigenvalue weighted by Gasteiger charge is -2.29. The number of ether oxygens (including phenoxy) is 3. The summed E-state index contributed by atoms with van der Waals surface area (Å²) < 4.78 is 18.2. The van der Waals surface area contributed by atoms with Gasteiger partial charge in [-0.05, 0) is 36.6 Å². The summed E-state index contributed by atoms with van der Waals surface area (Å²) in [6.07, 6.45) is 3.89. The van der Waals surface area contributed by atoms with Crippen LogP contribution in [0, 0.1) is 5.92 Å². The molecule has 11 heteroatoms. The normalized spacial score (nSPS) is 20.2. The summed E-state index contributed by atoms with van der Waals surface area (Å²) in [4.78, 5) is 42.2. The van der Waals surface area contributed by atoms with E-state index in [-0.39, 0.29) is 24.8 Å². The van der Waals surface area contributed by atoms with Gasteiger partial charge in [0.1, 0.15) is 0 Å². The van der Waals surface area contributed by atoms with Gasteiger partial charge in [-0.15, -0.1) is 0 Å². The van der Waals surface area contributed by atoms with Gasteiger partial charge >= 0.3 is 5.97 Å². The van der Waals surface area contributed by atoms with E-state index >= 15 is 0 Å². The predicted octanol–water partition coefficient (Wildman–Crippen LogP) is 1.73. The van der Waals surface area contributed by atoms with Gasteiger partial charge in [-0.1, -0.05) is 19.4 Å². The van der Waals surface area contributed by atoms with Crippen molar-refractivity contribution < 1.29 is 28.9 Å². The van der Waals surface area contributed by atoms with Crippen LogP contribution in [-0.2, 0) is 16.1 Å². The third kappa shape index (κ3) is 6.36. The lowest BCUT2D eigenvalue weighted by atomic mass is 9.84. The van der Waals surface area contributed by atoms with Gasteiger partial charge in [0.15, 0.2) is 11.5 Å². The third-order valence-corrected chi connectivity index (χ3v) is 7.58. The van der Waals surface area contributed by atoms with Crippen LogP contribution in [0.1, 0.15) is 37.7 Å². The minimum Gasteiger partial charge on any atom is -0.493 e. The third-order valence-electron chi connectivity index (χ3n) is 7.58. The number of benzene rings is 1. The molecule has 0 saturated carbocycles. The highest BCUT2D eigenvalue weighted by Gasteiger charge is 2.47. The number of amides is 1. The minimum absolute atomic E-state index is 0.0615. The zero-order chi connectivity index (χ0) is 27.9. The average Bonchev–Trinajstić information content (AvgIpc) is 3.54. The van der Waals surface area contributed by atoms with E-state index in [1.807, 2.05) is 4.90 Å². The van der Waals surface area contributed by atoms with Crippen LogP contribution in [0.15, 0.2) is 41.3 Å². The average molecular weight is 543 g/mol. The molecule has 0 spiro atoms. The highest BCUT2D eigenvalue weighted by molar-refractivity contribution is 5.79. The number of nitrogens with two attached hydrogens (primary N) is 1. The maximum atomic E-state index is 13.4. The predicted molar refractivity (Wildman–Crippen MR) is 144 cm³/mol. The molecule has 1 aromatic carbocycles. The fourth-order valence-corrected chi connectivity index (χ4v) is 5.61. The van der Waals surface area contributed by atoms with Crippen molar-refractivity contribution >= 4 is 11.9 Å². The van der Waals surface area contributed by atoms with Crippen molar-refractivity contribution in [3.05, 3.63) is 52.4 Å². The monoisotopic (exact) mass is 542 g/mol. The van der Waals surface area contributed by atoms with Crippen LogP contribution in [0.4, 0.5) is 0 Å². The molecule has 0 bridgehead atoms. The number of aromatic nitrogens is 1. The molecule has 212 valence electrons. The van der Waals surface area contributed by atoms with Gasteiger partial charge in [-0.25, -0.2) is 0 Å². The van der Waals surface area contributed by atoms with E-state index in [0.29, 0.717) is 56.4 Å². The summed E-state index contributed by atoms with van der Waals surface area (Å²) in [5.74, 6) is -0.823. The number of likely N-dealkylation sites (tertiary alicyclic amines) is 1. The number of aryl methyl sites for hydroxylation is 1. The van der Waals surface area contributed by atoms with Gasteiger partial charge in [0.25, 0.3) is 0 Å². The number of hydrogen-bond donors (Lipinski definition) is 2. The highest BCUT2D eigenvalue weighted by Crippen LogP contribution is 2.47. The van der Waals surface area contributed by atoms with Crippen LogP contribution in [0.5, 0.6) is 17.2 Å². The molecule has 0 radical (unpaired) electrons. The number of hydrogen-bond acceptors (Lipinski definition) is 8. The molecule has 39 heavy (non-hydrogen) atoms. The van der Waals surface area contributed by atoms with Gasteiger partial charge in [-0.2, -0.15) is 0 Å². The van der Waals surface area contributed by atoms with Crippen molar-refractivity contribution in [2.75, 3.05) is 46.6 Å². The quantitative estimate of drug-likeness (QED) is 0.388. The topological polar surface area (TPSA) is 137 Å². The minimum atomic E-state index is -0.957. The number of carboxylic acids is 1. The molecule has 1 saturated heterocycles. The molecular weight excluding hydrogens is 504 g/mol. The van der Waals surface area contributed by atoms with Gasteiger partial charge < -0.3 is 34.5 Å². The first-order chi connectivity index (χ1) is 18.9. The first-order valence-electron chi connectivity index (χ1n) is 13.5. The molecule has 2 aliphatic heterocycles. The second-order valence-electron chi connectivity index (χ2n) is 9.97. The maximum Gasteiger partial charge on any atom is 0.308 e. The first-order valence-corrected chi connectivity index (χ1v) is 13.5. The van der Waals surface area contributed by atoms with Gasteiger partial charge in [0, 0.05) is 56.9 Å². The summed E-state index contributed by atoms with van der Waals surface area (Å²) in [5, 5.41) is 10.5. The van der Waals surface area contributed by atoms with Crippen LogP contribution in [-0.4, -0.2) is 84.0 Å². The zero-order valence-electron chi connectivity index (χ0n) is 22.6. The van der Waals surface area contributed by atoms with Crippen molar-refractivity contribution in [1.82, 2.24) is 14.4 Å². The lowest BCUT2D eigenvalue weighted by Crippen LogP contribution is -2.46. The summed E-state index contributed by atoms with van der Waals surface area (Å²) in [6, 6.07) is 8.03. The van der Waals surface area contributed by atoms with Crippen molar-refractivity contribution in [3.63, 3.8) is 0 Å². The molecule has 4 rings (SSSR count). The Bertz CT molecular complexity index is 1220. The molecule has 1 unspecified atom stereocenters. The molecule has 3 atom stereocenters. The van der Waals surface area contributed by atoms with E-state index in [2.05, 4.69) is 6.92 Å². The molecule has 0 aliphatic carbocycles. The zero-order valence-corrected chi connectivity index (χ0v) is 22.6. The SMILES string of the molecule is CCCCN(CCN)C(=O)CN1C[C@H](c2cc(OC)c3c(c2)OCO3)C(C(=O)O)[C@@H]1CCn1ccccc1=O. The van der Waals surface area contributed by atoms with E-state index in [1.165, 1.54) is 13.2 Å². The Morgan fingerprint density at radius 3 is 2.74 bits per heavy atom. The van der Waals surface area contributed by atoms with Crippen LogP contribution in [0.25, 0.3) is 0 Å². The largest absolute Gasteiger partial charge is 0.493 e. The van der Waals surface area contributed by atoms with Crippen molar-refractivity contribution in [1.29, 1.82) is 0 Å². The van der Waals surface area contributed by atoms with Crippen LogP contribution >= 0.6 is 0 Å². The van der Waals surface area contributed by atoms with Gasteiger partial charge in [-0.3, -0.25) is 19.3 Å². The number of unbranched alkanes of at least 4 members (excludes halogenated alkanes) is 1. The molecule has 3 heterocycles. The Kier molecular flexibility index (Phi) is 9.47. The lowest BCUT2D eigenvalue weighted by molar-refractivity contribution is -0.144. The van der Waals surface area contributed by atoms with Crippen LogP contribution in [0.2, 0.25) is 0 Å². The molecule has 1 fully saturated rings.